The molecule has 0 aliphatic carbocycles. The molecule has 1 aromatic carbocycles. The summed E-state index contributed by atoms with van der Waals surface area (Å²) >= 11 is 0. The topological polar surface area (TPSA) is 86.7 Å². The SMILES string of the molecule is CN1CC(=O)NC(Cc2ccccc2)(C(=O)O)C1=O. The fraction of sp³-hybridized carbons (Fsp3) is 0.308. The van der Waals surface area contributed by atoms with Gasteiger partial charge < -0.3 is 15.3 Å². The molecule has 1 aliphatic heterocycles. The van der Waals surface area contributed by atoms with E-state index in [2.05, 4.69) is 5.32 Å². The van der Waals surface area contributed by atoms with Crippen LogP contribution in [0.5, 0.6) is 0 Å². The number of hydrogen-bond acceptors (Lipinski definition) is 3. The van der Waals surface area contributed by atoms with Crippen LogP contribution in [0.1, 0.15) is 5.56 Å². The summed E-state index contributed by atoms with van der Waals surface area (Å²) in [5, 5.41) is 11.7. The molecule has 6 heteroatoms. The van der Waals surface area contributed by atoms with Crippen molar-refractivity contribution in [3.05, 3.63) is 35.9 Å². The number of piperazine rings is 1. The summed E-state index contributed by atoms with van der Waals surface area (Å²) in [6.45, 7) is -0.122. The molecule has 0 aromatic heterocycles. The van der Waals surface area contributed by atoms with E-state index >= 15 is 0 Å². The van der Waals surface area contributed by atoms with Crippen LogP contribution in [0, 0.1) is 0 Å². The lowest BCUT2D eigenvalue weighted by Gasteiger charge is -2.37. The minimum absolute atomic E-state index is 0.0713. The molecule has 0 spiro atoms. The molecular formula is C13H14N2O4. The highest BCUT2D eigenvalue weighted by atomic mass is 16.4. The van der Waals surface area contributed by atoms with Gasteiger partial charge in [-0.05, 0) is 5.56 Å². The van der Waals surface area contributed by atoms with Crippen LogP contribution < -0.4 is 5.32 Å². The molecule has 0 saturated carbocycles. The van der Waals surface area contributed by atoms with Gasteiger partial charge in [-0.1, -0.05) is 30.3 Å². The van der Waals surface area contributed by atoms with Crippen molar-refractivity contribution in [3.63, 3.8) is 0 Å². The molecule has 1 atom stereocenters. The summed E-state index contributed by atoms with van der Waals surface area (Å²) in [6.07, 6.45) is -0.0713. The number of aliphatic carboxylic acids is 1. The molecular weight excluding hydrogens is 248 g/mol. The number of amides is 2. The van der Waals surface area contributed by atoms with E-state index in [1.165, 1.54) is 7.05 Å². The Labute approximate surface area is 110 Å². The van der Waals surface area contributed by atoms with Gasteiger partial charge in [0.15, 0.2) is 0 Å². The van der Waals surface area contributed by atoms with Crippen molar-refractivity contribution in [2.75, 3.05) is 13.6 Å². The Morgan fingerprint density at radius 1 is 1.37 bits per heavy atom. The normalized spacial score (nSPS) is 23.1. The first-order valence-corrected chi connectivity index (χ1v) is 5.79. The molecule has 19 heavy (non-hydrogen) atoms. The third kappa shape index (κ3) is 2.29. The van der Waals surface area contributed by atoms with Crippen molar-refractivity contribution in [3.8, 4) is 0 Å². The maximum Gasteiger partial charge on any atom is 0.339 e. The van der Waals surface area contributed by atoms with Gasteiger partial charge in [-0.3, -0.25) is 9.59 Å². The van der Waals surface area contributed by atoms with Crippen LogP contribution in [0.2, 0.25) is 0 Å². The van der Waals surface area contributed by atoms with E-state index in [4.69, 9.17) is 0 Å². The first-order valence-electron chi connectivity index (χ1n) is 5.79. The Morgan fingerprint density at radius 2 is 2.00 bits per heavy atom. The second-order valence-corrected chi connectivity index (χ2v) is 4.58. The summed E-state index contributed by atoms with van der Waals surface area (Å²) in [4.78, 5) is 36.4. The lowest BCUT2D eigenvalue weighted by Crippen LogP contribution is -2.70. The Kier molecular flexibility index (Phi) is 3.25. The number of benzene rings is 1. The number of carboxylic acids is 1. The summed E-state index contributed by atoms with van der Waals surface area (Å²) in [7, 11) is 1.42. The minimum Gasteiger partial charge on any atom is -0.479 e. The van der Waals surface area contributed by atoms with Gasteiger partial charge >= 0.3 is 5.97 Å². The van der Waals surface area contributed by atoms with E-state index in [0.29, 0.717) is 5.56 Å². The van der Waals surface area contributed by atoms with Crippen LogP contribution in [0.25, 0.3) is 0 Å². The van der Waals surface area contributed by atoms with Crippen molar-refractivity contribution in [1.29, 1.82) is 0 Å². The number of carbonyl (C=O) groups is 3. The van der Waals surface area contributed by atoms with Crippen molar-refractivity contribution in [2.24, 2.45) is 0 Å². The molecule has 1 heterocycles. The molecule has 0 bridgehead atoms. The van der Waals surface area contributed by atoms with Gasteiger partial charge in [0.1, 0.15) is 0 Å². The van der Waals surface area contributed by atoms with E-state index in [-0.39, 0.29) is 13.0 Å². The Hall–Kier alpha value is -2.37. The number of rotatable bonds is 3. The number of carbonyl (C=O) groups excluding carboxylic acids is 2. The average Bonchev–Trinajstić information content (AvgIpc) is 2.36. The molecule has 0 radical (unpaired) electrons. The number of hydrogen-bond donors (Lipinski definition) is 2. The molecule has 1 saturated heterocycles. The molecule has 2 rings (SSSR count). The molecule has 6 nitrogen and oxygen atoms in total. The highest BCUT2D eigenvalue weighted by Crippen LogP contribution is 2.20. The smallest absolute Gasteiger partial charge is 0.339 e. The highest BCUT2D eigenvalue weighted by Gasteiger charge is 2.52. The molecule has 1 aliphatic rings. The van der Waals surface area contributed by atoms with Gasteiger partial charge in [0.05, 0.1) is 6.54 Å². The standard InChI is InChI=1S/C13H14N2O4/c1-15-8-10(16)14-13(11(15)17,12(18)19)7-9-5-3-2-4-6-9/h2-6H,7-8H2,1H3,(H,14,16)(H,18,19). The highest BCUT2D eigenvalue weighted by molar-refractivity contribution is 6.12. The minimum atomic E-state index is -1.91. The summed E-state index contributed by atoms with van der Waals surface area (Å²) in [6, 6.07) is 8.75. The van der Waals surface area contributed by atoms with Crippen molar-refractivity contribution in [2.45, 2.75) is 12.0 Å². The predicted octanol–water partition coefficient (Wildman–Crippen LogP) is -0.359. The lowest BCUT2D eigenvalue weighted by molar-refractivity contribution is -0.161. The van der Waals surface area contributed by atoms with E-state index in [9.17, 15) is 19.5 Å². The molecule has 2 amide bonds. The van der Waals surface area contributed by atoms with Crippen LogP contribution in [-0.2, 0) is 20.8 Å². The van der Waals surface area contributed by atoms with Crippen molar-refractivity contribution in [1.82, 2.24) is 10.2 Å². The van der Waals surface area contributed by atoms with Crippen LogP contribution in [0.4, 0.5) is 0 Å². The maximum atomic E-state index is 12.2. The average molecular weight is 262 g/mol. The lowest BCUT2D eigenvalue weighted by atomic mass is 9.87. The van der Waals surface area contributed by atoms with Gasteiger partial charge in [-0.15, -0.1) is 0 Å². The van der Waals surface area contributed by atoms with Crippen molar-refractivity contribution < 1.29 is 19.5 Å². The zero-order valence-electron chi connectivity index (χ0n) is 10.4. The third-order valence-electron chi connectivity index (χ3n) is 3.12. The fourth-order valence-electron chi connectivity index (χ4n) is 2.19. The predicted molar refractivity (Wildman–Crippen MR) is 66.3 cm³/mol. The zero-order chi connectivity index (χ0) is 14.0. The molecule has 1 fully saturated rings. The second-order valence-electron chi connectivity index (χ2n) is 4.58. The van der Waals surface area contributed by atoms with Gasteiger partial charge in [-0.2, -0.15) is 0 Å². The quantitative estimate of drug-likeness (QED) is 0.728. The monoisotopic (exact) mass is 262 g/mol. The van der Waals surface area contributed by atoms with Crippen LogP contribution in [0.3, 0.4) is 0 Å². The Morgan fingerprint density at radius 3 is 2.58 bits per heavy atom. The van der Waals surface area contributed by atoms with E-state index in [1.54, 1.807) is 30.3 Å². The van der Waals surface area contributed by atoms with E-state index < -0.39 is 23.3 Å². The third-order valence-corrected chi connectivity index (χ3v) is 3.12. The van der Waals surface area contributed by atoms with Gasteiger partial charge in [0.25, 0.3) is 5.91 Å². The number of nitrogens with one attached hydrogen (secondary N) is 1. The molecule has 2 N–H and O–H groups in total. The Balaban J connectivity index is 2.40. The fourth-order valence-corrected chi connectivity index (χ4v) is 2.19. The van der Waals surface area contributed by atoms with Crippen LogP contribution >= 0.6 is 0 Å². The van der Waals surface area contributed by atoms with Gasteiger partial charge in [0, 0.05) is 13.5 Å². The molecule has 100 valence electrons. The van der Waals surface area contributed by atoms with Crippen molar-refractivity contribution >= 4 is 17.8 Å². The first kappa shape index (κ1) is 13.1. The van der Waals surface area contributed by atoms with Gasteiger partial charge in [-0.25, -0.2) is 4.79 Å². The first-order chi connectivity index (χ1) is 8.95. The summed E-state index contributed by atoms with van der Waals surface area (Å²) < 4.78 is 0. The van der Waals surface area contributed by atoms with Gasteiger partial charge in [0.2, 0.25) is 11.4 Å². The largest absolute Gasteiger partial charge is 0.479 e. The summed E-state index contributed by atoms with van der Waals surface area (Å²) in [5.41, 5.74) is -1.24. The molecule has 1 aromatic rings. The Bertz CT molecular complexity index is 529. The van der Waals surface area contributed by atoms with Crippen LogP contribution in [0.15, 0.2) is 30.3 Å². The second kappa shape index (κ2) is 4.72. The van der Waals surface area contributed by atoms with Crippen LogP contribution in [-0.4, -0.2) is 46.9 Å². The number of carboxylic acid groups (broad SMARTS) is 1. The number of nitrogens with zero attached hydrogens (tertiary/aromatic N) is 1. The van der Waals surface area contributed by atoms with E-state index in [1.807, 2.05) is 0 Å². The maximum absolute atomic E-state index is 12.2. The van der Waals surface area contributed by atoms with E-state index in [0.717, 1.165) is 4.90 Å². The number of likely N-dealkylation sites (N-methyl/N-ethyl adjacent to an activating group) is 1. The molecule has 1 unspecified atom stereocenters. The summed E-state index contributed by atoms with van der Waals surface area (Å²) in [5.74, 6) is -2.43. The zero-order valence-corrected chi connectivity index (χ0v) is 10.4.